The van der Waals surface area contributed by atoms with E-state index in [4.69, 9.17) is 0 Å². The number of urea groups is 1. The first-order valence-electron chi connectivity index (χ1n) is 11.4. The highest BCUT2D eigenvalue weighted by molar-refractivity contribution is 5.91. The van der Waals surface area contributed by atoms with Crippen molar-refractivity contribution >= 4 is 29.0 Å². The Morgan fingerprint density at radius 1 is 0.774 bits per heavy atom. The lowest BCUT2D eigenvalue weighted by molar-refractivity contribution is -0.116. The third-order valence-electron chi connectivity index (χ3n) is 5.62. The molecule has 166 valence electrons. The van der Waals surface area contributed by atoms with E-state index in [1.54, 1.807) is 0 Å². The molecule has 1 aliphatic rings. The quantitative estimate of drug-likeness (QED) is 0.536. The number of carbonyl (C=O) groups is 2. The molecule has 0 radical (unpaired) electrons. The van der Waals surface area contributed by atoms with Gasteiger partial charge in [-0.15, -0.1) is 0 Å². The number of benzene rings is 2. The van der Waals surface area contributed by atoms with Crippen molar-refractivity contribution in [3.63, 3.8) is 0 Å². The van der Waals surface area contributed by atoms with Crippen molar-refractivity contribution in [3.8, 4) is 0 Å². The number of hydrogen-bond acceptors (Lipinski definition) is 3. The number of hydrogen-bond donors (Lipinski definition) is 2. The molecule has 3 amide bonds. The molecule has 0 bridgehead atoms. The summed E-state index contributed by atoms with van der Waals surface area (Å²) in [6.07, 6.45) is 6.32. The van der Waals surface area contributed by atoms with Crippen molar-refractivity contribution < 1.29 is 9.59 Å². The largest absolute Gasteiger partial charge is 0.368 e. The Hall–Kier alpha value is -3.02. The monoisotopic (exact) mass is 422 g/mol. The Morgan fingerprint density at radius 2 is 1.42 bits per heavy atom. The van der Waals surface area contributed by atoms with Gasteiger partial charge in [0.15, 0.2) is 0 Å². The lowest BCUT2D eigenvalue weighted by atomic mass is 10.1. The van der Waals surface area contributed by atoms with E-state index in [9.17, 15) is 9.59 Å². The highest BCUT2D eigenvalue weighted by atomic mass is 16.2. The predicted molar refractivity (Wildman–Crippen MR) is 128 cm³/mol. The normalized spacial score (nSPS) is 13.7. The van der Waals surface area contributed by atoms with Gasteiger partial charge in [0.2, 0.25) is 5.91 Å². The van der Waals surface area contributed by atoms with Crippen LogP contribution < -0.4 is 15.5 Å². The molecule has 0 atom stereocenters. The van der Waals surface area contributed by atoms with Crippen molar-refractivity contribution in [1.29, 1.82) is 0 Å². The highest BCUT2D eigenvalue weighted by Crippen LogP contribution is 2.20. The molecule has 1 aliphatic heterocycles. The van der Waals surface area contributed by atoms with Crippen LogP contribution in [0.4, 0.5) is 21.9 Å². The predicted octanol–water partition coefficient (Wildman–Crippen LogP) is 5.34. The molecule has 0 unspecified atom stereocenters. The molecule has 1 saturated heterocycles. The van der Waals surface area contributed by atoms with Gasteiger partial charge in [-0.1, -0.05) is 50.8 Å². The average molecular weight is 423 g/mol. The second-order valence-corrected chi connectivity index (χ2v) is 8.03. The second kappa shape index (κ2) is 12.0. The number of carbonyl (C=O) groups excluding carboxylic acids is 2. The zero-order valence-electron chi connectivity index (χ0n) is 18.5. The van der Waals surface area contributed by atoms with E-state index in [1.807, 2.05) is 59.5 Å². The number of anilines is 3. The summed E-state index contributed by atoms with van der Waals surface area (Å²) in [6, 6.07) is 17.5. The van der Waals surface area contributed by atoms with Gasteiger partial charge in [-0.3, -0.25) is 4.79 Å². The van der Waals surface area contributed by atoms with Crippen LogP contribution >= 0.6 is 0 Å². The molecule has 0 aliphatic carbocycles. The fourth-order valence-electron chi connectivity index (χ4n) is 3.76. The molecule has 2 aromatic rings. The van der Waals surface area contributed by atoms with Crippen LogP contribution in [0.15, 0.2) is 54.6 Å². The Bertz CT molecular complexity index is 815. The minimum absolute atomic E-state index is 0.0568. The molecule has 0 spiro atoms. The maximum Gasteiger partial charge on any atom is 0.321 e. The van der Waals surface area contributed by atoms with Gasteiger partial charge in [0.05, 0.1) is 0 Å². The van der Waals surface area contributed by atoms with Crippen LogP contribution in [0.3, 0.4) is 0 Å². The summed E-state index contributed by atoms with van der Waals surface area (Å²) in [4.78, 5) is 28.7. The van der Waals surface area contributed by atoms with Gasteiger partial charge in [0.1, 0.15) is 0 Å². The van der Waals surface area contributed by atoms with Crippen LogP contribution in [0.2, 0.25) is 0 Å². The molecule has 0 saturated carbocycles. The first-order valence-corrected chi connectivity index (χ1v) is 11.4. The van der Waals surface area contributed by atoms with Crippen LogP contribution in [-0.2, 0) is 4.79 Å². The summed E-state index contributed by atoms with van der Waals surface area (Å²) in [5, 5.41) is 5.93. The van der Waals surface area contributed by atoms with E-state index in [0.29, 0.717) is 19.5 Å². The van der Waals surface area contributed by atoms with Crippen molar-refractivity contribution in [1.82, 2.24) is 4.90 Å². The number of piperazine rings is 1. The molecular formula is C25H34N4O2. The molecule has 1 heterocycles. The van der Waals surface area contributed by atoms with Crippen molar-refractivity contribution in [2.75, 3.05) is 41.7 Å². The van der Waals surface area contributed by atoms with Gasteiger partial charge in [-0.2, -0.15) is 0 Å². The molecule has 31 heavy (non-hydrogen) atoms. The molecule has 0 aromatic heterocycles. The molecule has 2 aromatic carbocycles. The fourth-order valence-corrected chi connectivity index (χ4v) is 3.76. The number of para-hydroxylation sites is 1. The lowest BCUT2D eigenvalue weighted by Gasteiger charge is -2.36. The van der Waals surface area contributed by atoms with Crippen LogP contribution in [0.5, 0.6) is 0 Å². The summed E-state index contributed by atoms with van der Waals surface area (Å²) in [5.41, 5.74) is 2.76. The third kappa shape index (κ3) is 7.31. The minimum Gasteiger partial charge on any atom is -0.368 e. The van der Waals surface area contributed by atoms with E-state index in [0.717, 1.165) is 43.0 Å². The zero-order chi connectivity index (χ0) is 21.9. The fraction of sp³-hybridized carbons (Fsp3) is 0.440. The van der Waals surface area contributed by atoms with Gasteiger partial charge >= 0.3 is 6.03 Å². The summed E-state index contributed by atoms with van der Waals surface area (Å²) >= 11 is 0. The topological polar surface area (TPSA) is 64.7 Å². The maximum absolute atomic E-state index is 12.4. The zero-order valence-corrected chi connectivity index (χ0v) is 18.5. The summed E-state index contributed by atoms with van der Waals surface area (Å²) < 4.78 is 0. The van der Waals surface area contributed by atoms with Crippen LogP contribution in [0, 0.1) is 0 Å². The van der Waals surface area contributed by atoms with Crippen molar-refractivity contribution in [2.45, 2.75) is 45.4 Å². The Morgan fingerprint density at radius 3 is 2.10 bits per heavy atom. The first-order chi connectivity index (χ1) is 15.2. The maximum atomic E-state index is 12.4. The molecular weight excluding hydrogens is 388 g/mol. The van der Waals surface area contributed by atoms with Crippen molar-refractivity contribution in [3.05, 3.63) is 54.6 Å². The van der Waals surface area contributed by atoms with Crippen LogP contribution in [0.25, 0.3) is 0 Å². The van der Waals surface area contributed by atoms with E-state index >= 15 is 0 Å². The SMILES string of the molecule is CCCCCCCC(=O)Nc1ccc(N2CCN(C(=O)Nc3ccccc3)CC2)cc1. The second-order valence-electron chi connectivity index (χ2n) is 8.03. The molecule has 1 fully saturated rings. The van der Waals surface area contributed by atoms with Gasteiger partial charge in [0, 0.05) is 49.7 Å². The van der Waals surface area contributed by atoms with E-state index < -0.39 is 0 Å². The number of rotatable bonds is 9. The third-order valence-corrected chi connectivity index (χ3v) is 5.62. The van der Waals surface area contributed by atoms with Gasteiger partial charge in [-0.05, 0) is 42.8 Å². The molecule has 6 heteroatoms. The molecule has 3 rings (SSSR count). The molecule has 2 N–H and O–H groups in total. The average Bonchev–Trinajstić information content (AvgIpc) is 2.80. The molecule has 6 nitrogen and oxygen atoms in total. The smallest absolute Gasteiger partial charge is 0.321 e. The minimum atomic E-state index is -0.0568. The van der Waals surface area contributed by atoms with Gasteiger partial charge in [-0.25, -0.2) is 4.79 Å². The summed E-state index contributed by atoms with van der Waals surface area (Å²) in [6.45, 7) is 5.11. The van der Waals surface area contributed by atoms with Gasteiger partial charge < -0.3 is 20.4 Å². The summed E-state index contributed by atoms with van der Waals surface area (Å²) in [7, 11) is 0. The first kappa shape index (κ1) is 22.7. The Labute approximate surface area is 185 Å². The van der Waals surface area contributed by atoms with Crippen LogP contribution in [0.1, 0.15) is 45.4 Å². The van der Waals surface area contributed by atoms with E-state index in [1.165, 1.54) is 19.3 Å². The number of nitrogens with one attached hydrogen (secondary N) is 2. The van der Waals surface area contributed by atoms with Crippen LogP contribution in [-0.4, -0.2) is 43.0 Å². The van der Waals surface area contributed by atoms with Crippen molar-refractivity contribution in [2.24, 2.45) is 0 Å². The highest BCUT2D eigenvalue weighted by Gasteiger charge is 2.21. The lowest BCUT2D eigenvalue weighted by Crippen LogP contribution is -2.50. The van der Waals surface area contributed by atoms with Gasteiger partial charge in [0.25, 0.3) is 0 Å². The summed E-state index contributed by atoms with van der Waals surface area (Å²) in [5.74, 6) is 0.0855. The standard InChI is InChI=1S/C25H34N4O2/c1-2-3-4-5-9-12-24(30)26-22-13-15-23(16-14-22)28-17-19-29(20-18-28)25(31)27-21-10-7-6-8-11-21/h6-8,10-11,13-16H,2-5,9,12,17-20H2,1H3,(H,26,30)(H,27,31). The van der Waals surface area contributed by atoms with E-state index in [2.05, 4.69) is 22.5 Å². The Kier molecular flexibility index (Phi) is 8.76. The van der Waals surface area contributed by atoms with E-state index in [-0.39, 0.29) is 11.9 Å². The Balaban J connectivity index is 1.40. The number of amides is 3. The number of nitrogens with zero attached hydrogens (tertiary/aromatic N) is 2. The number of unbranched alkanes of at least 4 members (excludes halogenated alkanes) is 4.